The molecule has 0 unspecified atom stereocenters. The van der Waals surface area contributed by atoms with Gasteiger partial charge in [0.05, 0.1) is 6.61 Å². The molecule has 0 bridgehead atoms. The molecule has 0 radical (unpaired) electrons. The van der Waals surface area contributed by atoms with Crippen molar-refractivity contribution in [1.82, 2.24) is 20.3 Å². The van der Waals surface area contributed by atoms with E-state index >= 15 is 0 Å². The maximum atomic E-state index is 12.4. The summed E-state index contributed by atoms with van der Waals surface area (Å²) in [5, 5.41) is 7.18. The van der Waals surface area contributed by atoms with E-state index in [0.717, 1.165) is 16.7 Å². The van der Waals surface area contributed by atoms with Crippen LogP contribution in [0.5, 0.6) is 5.75 Å². The Bertz CT molecular complexity index is 895. The Kier molecular flexibility index (Phi) is 4.66. The van der Waals surface area contributed by atoms with Crippen LogP contribution in [0.25, 0.3) is 11.4 Å². The second kappa shape index (κ2) is 6.77. The molecule has 3 aromatic rings. The smallest absolute Gasteiger partial charge is 0.471 e. The lowest BCUT2D eigenvalue weighted by Crippen LogP contribution is -2.07. The fourth-order valence-corrected chi connectivity index (χ4v) is 2.44. The van der Waals surface area contributed by atoms with E-state index in [2.05, 4.69) is 24.8 Å². The summed E-state index contributed by atoms with van der Waals surface area (Å²) in [5.41, 5.74) is 2.47. The summed E-state index contributed by atoms with van der Waals surface area (Å²) in [5.74, 6) is 0.153. The molecule has 0 fully saturated rings. The molecule has 0 N–H and O–H groups in total. The van der Waals surface area contributed by atoms with Crippen molar-refractivity contribution in [3.63, 3.8) is 0 Å². The van der Waals surface area contributed by atoms with Gasteiger partial charge in [-0.15, -0.1) is 0 Å². The van der Waals surface area contributed by atoms with E-state index in [1.165, 1.54) is 0 Å². The van der Waals surface area contributed by atoms with Crippen molar-refractivity contribution in [2.24, 2.45) is 0 Å². The van der Waals surface area contributed by atoms with Gasteiger partial charge in [-0.1, -0.05) is 10.3 Å². The van der Waals surface area contributed by atoms with Crippen molar-refractivity contribution in [1.29, 1.82) is 0 Å². The summed E-state index contributed by atoms with van der Waals surface area (Å²) in [7, 11) is 0. The Balaban J connectivity index is 1.67. The molecule has 2 aromatic heterocycles. The molecular weight excluding hydrogens is 353 g/mol. The van der Waals surface area contributed by atoms with E-state index in [4.69, 9.17) is 9.26 Å². The summed E-state index contributed by atoms with van der Waals surface area (Å²) < 4.78 is 52.1. The van der Waals surface area contributed by atoms with E-state index < -0.39 is 12.1 Å². The molecule has 26 heavy (non-hydrogen) atoms. The highest BCUT2D eigenvalue weighted by atomic mass is 19.4. The van der Waals surface area contributed by atoms with Crippen LogP contribution in [0.15, 0.2) is 21.2 Å². The molecule has 10 heteroatoms. The third-order valence-electron chi connectivity index (χ3n) is 3.53. The van der Waals surface area contributed by atoms with Crippen LogP contribution in [0.2, 0.25) is 0 Å². The third-order valence-corrected chi connectivity index (χ3v) is 3.53. The lowest BCUT2D eigenvalue weighted by atomic mass is 10.1. The van der Waals surface area contributed by atoms with Crippen molar-refractivity contribution in [2.75, 3.05) is 6.61 Å². The zero-order valence-electron chi connectivity index (χ0n) is 14.2. The van der Waals surface area contributed by atoms with Gasteiger partial charge >= 0.3 is 12.1 Å². The number of hydrogen-bond donors (Lipinski definition) is 0. The summed E-state index contributed by atoms with van der Waals surface area (Å²) in [6.07, 6.45) is -4.56. The normalized spacial score (nSPS) is 11.8. The monoisotopic (exact) mass is 368 g/mol. The number of benzene rings is 1. The topological polar surface area (TPSA) is 87.1 Å². The number of ether oxygens (including phenoxy) is 1. The molecule has 0 aliphatic heterocycles. The molecule has 138 valence electrons. The number of aromatic nitrogens is 4. The van der Waals surface area contributed by atoms with Crippen LogP contribution in [0.4, 0.5) is 13.2 Å². The predicted octanol–water partition coefficient (Wildman–Crippen LogP) is 3.69. The van der Waals surface area contributed by atoms with Gasteiger partial charge in [-0.25, -0.2) is 0 Å². The van der Waals surface area contributed by atoms with Gasteiger partial charge in [0, 0.05) is 18.9 Å². The van der Waals surface area contributed by atoms with E-state index in [9.17, 15) is 13.2 Å². The molecule has 3 rings (SSSR count). The predicted molar refractivity (Wildman–Crippen MR) is 82.4 cm³/mol. The first-order valence-corrected chi connectivity index (χ1v) is 7.68. The number of halogens is 3. The van der Waals surface area contributed by atoms with Crippen LogP contribution < -0.4 is 4.74 Å². The molecule has 7 nitrogen and oxygen atoms in total. The molecule has 2 heterocycles. The second-order valence-electron chi connectivity index (χ2n) is 5.69. The van der Waals surface area contributed by atoms with Gasteiger partial charge in [0.25, 0.3) is 0 Å². The molecule has 1 aromatic carbocycles. The summed E-state index contributed by atoms with van der Waals surface area (Å²) in [6.45, 7) is 5.53. The summed E-state index contributed by atoms with van der Waals surface area (Å²) in [4.78, 5) is 7.48. The summed E-state index contributed by atoms with van der Waals surface area (Å²) >= 11 is 0. The molecule has 0 aliphatic carbocycles. The number of hydrogen-bond acceptors (Lipinski definition) is 7. The van der Waals surface area contributed by atoms with Crippen LogP contribution in [-0.4, -0.2) is 26.9 Å². The molecule has 0 saturated carbocycles. The van der Waals surface area contributed by atoms with Gasteiger partial charge in [0.2, 0.25) is 11.7 Å². The second-order valence-corrected chi connectivity index (χ2v) is 5.69. The molecule has 0 spiro atoms. The van der Waals surface area contributed by atoms with Gasteiger partial charge in [0.15, 0.2) is 5.82 Å². The van der Waals surface area contributed by atoms with Gasteiger partial charge in [-0.05, 0) is 37.1 Å². The Morgan fingerprint density at radius 3 is 2.23 bits per heavy atom. The average molecular weight is 368 g/mol. The van der Waals surface area contributed by atoms with Gasteiger partial charge in [-0.2, -0.15) is 23.1 Å². The SMILES string of the molecule is Cc1nc(-c2cc(C)c(OCCc3noc(C(F)(F)F)n3)c(C)c2)no1. The number of rotatable bonds is 5. The van der Waals surface area contributed by atoms with Crippen molar-refractivity contribution in [2.45, 2.75) is 33.4 Å². The molecular formula is C16H15F3N4O3. The average Bonchev–Trinajstić information content (AvgIpc) is 3.18. The van der Waals surface area contributed by atoms with Crippen molar-refractivity contribution in [3.8, 4) is 17.1 Å². The Morgan fingerprint density at radius 2 is 1.69 bits per heavy atom. The maximum absolute atomic E-state index is 12.4. The quantitative estimate of drug-likeness (QED) is 0.679. The number of nitrogens with zero attached hydrogens (tertiary/aromatic N) is 4. The Labute approximate surface area is 146 Å². The van der Waals surface area contributed by atoms with E-state index in [1.54, 1.807) is 6.92 Å². The maximum Gasteiger partial charge on any atom is 0.471 e. The number of aryl methyl sites for hydroxylation is 3. The van der Waals surface area contributed by atoms with Gasteiger partial charge in [0.1, 0.15) is 5.75 Å². The number of alkyl halides is 3. The zero-order valence-corrected chi connectivity index (χ0v) is 14.2. The fraction of sp³-hybridized carbons (Fsp3) is 0.375. The van der Waals surface area contributed by atoms with Crippen LogP contribution in [0, 0.1) is 20.8 Å². The Hall–Kier alpha value is -2.91. The first-order chi connectivity index (χ1) is 12.2. The minimum absolute atomic E-state index is 0.0634. The molecule has 0 saturated heterocycles. The highest BCUT2D eigenvalue weighted by molar-refractivity contribution is 5.60. The van der Waals surface area contributed by atoms with Crippen LogP contribution in [0.1, 0.15) is 28.7 Å². The third kappa shape index (κ3) is 3.84. The van der Waals surface area contributed by atoms with Crippen LogP contribution in [-0.2, 0) is 12.6 Å². The first kappa shape index (κ1) is 17.9. The largest absolute Gasteiger partial charge is 0.493 e. The van der Waals surface area contributed by atoms with Crippen molar-refractivity contribution >= 4 is 0 Å². The van der Waals surface area contributed by atoms with Crippen LogP contribution in [0.3, 0.4) is 0 Å². The lowest BCUT2D eigenvalue weighted by molar-refractivity contribution is -0.159. The highest BCUT2D eigenvalue weighted by Crippen LogP contribution is 2.29. The summed E-state index contributed by atoms with van der Waals surface area (Å²) in [6, 6.07) is 3.70. The first-order valence-electron chi connectivity index (χ1n) is 7.68. The minimum Gasteiger partial charge on any atom is -0.493 e. The van der Waals surface area contributed by atoms with Gasteiger partial charge < -0.3 is 13.8 Å². The highest BCUT2D eigenvalue weighted by Gasteiger charge is 2.38. The van der Waals surface area contributed by atoms with Crippen molar-refractivity contribution < 1.29 is 27.0 Å². The van der Waals surface area contributed by atoms with E-state index in [1.807, 2.05) is 26.0 Å². The Morgan fingerprint density at radius 1 is 1.00 bits per heavy atom. The zero-order chi connectivity index (χ0) is 18.9. The molecule has 0 amide bonds. The standard InChI is InChI=1S/C16H15F3N4O3/c1-8-6-11(14-20-10(3)25-23-14)7-9(2)13(8)24-5-4-12-21-15(26-22-12)16(17,18)19/h6-7H,4-5H2,1-3H3. The lowest BCUT2D eigenvalue weighted by Gasteiger charge is -2.12. The van der Waals surface area contributed by atoms with Crippen molar-refractivity contribution in [3.05, 3.63) is 40.9 Å². The molecule has 0 atom stereocenters. The van der Waals surface area contributed by atoms with E-state index in [-0.39, 0.29) is 18.9 Å². The van der Waals surface area contributed by atoms with Crippen LogP contribution >= 0.6 is 0 Å². The fourth-order valence-electron chi connectivity index (χ4n) is 2.44. The molecule has 0 aliphatic rings. The van der Waals surface area contributed by atoms with E-state index in [0.29, 0.717) is 17.5 Å². The minimum atomic E-state index is -4.65. The van der Waals surface area contributed by atoms with Gasteiger partial charge in [-0.3, -0.25) is 0 Å².